The quantitative estimate of drug-likeness (QED) is 0.540. The molecule has 0 spiro atoms. The minimum Gasteiger partial charge on any atom is -0.224 e. The minimum atomic E-state index is -0.192. The Kier molecular flexibility index (Phi) is 1.66. The lowest BCUT2D eigenvalue weighted by Crippen LogP contribution is -1.95. The number of fused-ring (bicyclic) bond motifs is 1. The average Bonchev–Trinajstić information content (AvgIpc) is 2.04. The van der Waals surface area contributed by atoms with Crippen LogP contribution in [0, 0.1) is 5.82 Å². The van der Waals surface area contributed by atoms with Crippen LogP contribution in [0.3, 0.4) is 0 Å². The van der Waals surface area contributed by atoms with E-state index >= 15 is 0 Å². The van der Waals surface area contributed by atoms with E-state index in [1.165, 1.54) is 24.1 Å². The first-order chi connectivity index (χ1) is 5.36. The molecule has 0 aromatic heterocycles. The van der Waals surface area contributed by atoms with Crippen molar-refractivity contribution < 1.29 is 4.39 Å². The van der Waals surface area contributed by atoms with Crippen molar-refractivity contribution in [2.24, 2.45) is 4.40 Å². The van der Waals surface area contributed by atoms with Crippen LogP contribution in [0.1, 0.15) is 11.1 Å². The molecule has 0 unspecified atom stereocenters. The van der Waals surface area contributed by atoms with Gasteiger partial charge in [0.2, 0.25) is 0 Å². The minimum absolute atomic E-state index is 0.192. The lowest BCUT2D eigenvalue weighted by molar-refractivity contribution is 0.627. The van der Waals surface area contributed by atoms with E-state index in [-0.39, 0.29) is 5.82 Å². The van der Waals surface area contributed by atoms with E-state index in [4.69, 9.17) is 0 Å². The van der Waals surface area contributed by atoms with Crippen molar-refractivity contribution in [1.82, 2.24) is 0 Å². The Hall–Kier alpha value is -0.830. The van der Waals surface area contributed by atoms with Gasteiger partial charge in [0.15, 0.2) is 0 Å². The van der Waals surface area contributed by atoms with E-state index in [1.54, 1.807) is 6.21 Å². The molecule has 0 atom stereocenters. The van der Waals surface area contributed by atoms with Crippen LogP contribution in [0.25, 0.3) is 0 Å². The molecule has 0 bridgehead atoms. The molecule has 0 saturated heterocycles. The Bertz CT molecular complexity index is 309. The predicted molar refractivity (Wildman–Crippen MR) is 45.3 cm³/mol. The standard InChI is InChI=1S/C8H6FNS/c9-8-2-1-6-5-11-10-4-7(6)3-8/h1-4H,5H2. The lowest BCUT2D eigenvalue weighted by Gasteiger charge is -2.07. The maximum Gasteiger partial charge on any atom is 0.123 e. The van der Waals surface area contributed by atoms with E-state index in [2.05, 4.69) is 4.40 Å². The predicted octanol–water partition coefficient (Wildman–Crippen LogP) is 2.41. The van der Waals surface area contributed by atoms with Crippen molar-refractivity contribution in [3.63, 3.8) is 0 Å². The molecule has 1 aliphatic heterocycles. The number of hydrogen-bond acceptors (Lipinski definition) is 2. The van der Waals surface area contributed by atoms with Crippen molar-refractivity contribution in [3.8, 4) is 0 Å². The number of halogens is 1. The molecule has 3 heteroatoms. The molecule has 0 saturated carbocycles. The Balaban J connectivity index is 2.54. The molecular weight excluding hydrogens is 161 g/mol. The van der Waals surface area contributed by atoms with Crippen LogP contribution in [0.5, 0.6) is 0 Å². The average molecular weight is 167 g/mol. The third-order valence-corrected chi connectivity index (χ3v) is 2.29. The van der Waals surface area contributed by atoms with Crippen molar-refractivity contribution >= 4 is 18.2 Å². The molecule has 0 fully saturated rings. The highest BCUT2D eigenvalue weighted by molar-refractivity contribution is 7.97. The topological polar surface area (TPSA) is 12.4 Å². The van der Waals surface area contributed by atoms with Gasteiger partial charge in [0.25, 0.3) is 0 Å². The van der Waals surface area contributed by atoms with Crippen LogP contribution < -0.4 is 0 Å². The van der Waals surface area contributed by atoms with E-state index in [9.17, 15) is 4.39 Å². The van der Waals surface area contributed by atoms with Gasteiger partial charge in [-0.25, -0.2) is 8.79 Å². The lowest BCUT2D eigenvalue weighted by atomic mass is 10.1. The van der Waals surface area contributed by atoms with Gasteiger partial charge in [-0.2, -0.15) is 0 Å². The van der Waals surface area contributed by atoms with Gasteiger partial charge in [0, 0.05) is 17.5 Å². The zero-order chi connectivity index (χ0) is 7.68. The molecule has 2 rings (SSSR count). The van der Waals surface area contributed by atoms with Gasteiger partial charge in [-0.15, -0.1) is 0 Å². The van der Waals surface area contributed by atoms with Crippen LogP contribution in [0.4, 0.5) is 4.39 Å². The SMILES string of the molecule is Fc1ccc2c(c1)C=NSC2. The first kappa shape index (κ1) is 6.85. The van der Waals surface area contributed by atoms with Crippen molar-refractivity contribution in [1.29, 1.82) is 0 Å². The molecule has 1 aromatic carbocycles. The summed E-state index contributed by atoms with van der Waals surface area (Å²) in [6, 6.07) is 4.81. The van der Waals surface area contributed by atoms with Crippen LogP contribution in [0.2, 0.25) is 0 Å². The zero-order valence-corrected chi connectivity index (χ0v) is 6.57. The summed E-state index contributed by atoms with van der Waals surface area (Å²) in [5.74, 6) is 0.661. The van der Waals surface area contributed by atoms with Gasteiger partial charge in [-0.1, -0.05) is 6.07 Å². The maximum absolute atomic E-state index is 12.6. The molecule has 0 N–H and O–H groups in total. The van der Waals surface area contributed by atoms with Crippen molar-refractivity contribution in [2.75, 3.05) is 0 Å². The van der Waals surface area contributed by atoms with E-state index in [0.29, 0.717) is 0 Å². The summed E-state index contributed by atoms with van der Waals surface area (Å²) in [6.45, 7) is 0. The molecular formula is C8H6FNS. The zero-order valence-electron chi connectivity index (χ0n) is 5.75. The third kappa shape index (κ3) is 1.28. The first-order valence-corrected chi connectivity index (χ1v) is 4.24. The second-order valence-corrected chi connectivity index (χ2v) is 3.11. The fourth-order valence-corrected chi connectivity index (χ4v) is 1.68. The summed E-state index contributed by atoms with van der Waals surface area (Å²) in [7, 11) is 0. The molecule has 0 amide bonds. The smallest absolute Gasteiger partial charge is 0.123 e. The van der Waals surface area contributed by atoms with E-state index in [0.717, 1.165) is 16.9 Å². The van der Waals surface area contributed by atoms with Gasteiger partial charge >= 0.3 is 0 Å². The maximum atomic E-state index is 12.6. The molecule has 56 valence electrons. The van der Waals surface area contributed by atoms with Crippen LogP contribution in [-0.4, -0.2) is 6.21 Å². The van der Waals surface area contributed by atoms with E-state index < -0.39 is 0 Å². The van der Waals surface area contributed by atoms with Gasteiger partial charge < -0.3 is 0 Å². The molecule has 1 nitrogen and oxygen atoms in total. The molecule has 11 heavy (non-hydrogen) atoms. The largest absolute Gasteiger partial charge is 0.224 e. The van der Waals surface area contributed by atoms with Crippen LogP contribution in [-0.2, 0) is 5.75 Å². The van der Waals surface area contributed by atoms with Gasteiger partial charge in [-0.05, 0) is 29.6 Å². The highest BCUT2D eigenvalue weighted by Crippen LogP contribution is 2.21. The van der Waals surface area contributed by atoms with Crippen LogP contribution >= 0.6 is 11.9 Å². The number of rotatable bonds is 0. The summed E-state index contributed by atoms with van der Waals surface area (Å²) in [5.41, 5.74) is 2.06. The fraction of sp³-hybridized carbons (Fsp3) is 0.125. The number of nitrogens with zero attached hydrogens (tertiary/aromatic N) is 1. The first-order valence-electron chi connectivity index (χ1n) is 3.30. The molecule has 0 radical (unpaired) electrons. The third-order valence-electron chi connectivity index (χ3n) is 1.59. The highest BCUT2D eigenvalue weighted by Gasteiger charge is 2.05. The molecule has 1 aromatic rings. The summed E-state index contributed by atoms with van der Waals surface area (Å²) < 4.78 is 16.6. The second kappa shape index (κ2) is 2.66. The number of hydrogen-bond donors (Lipinski definition) is 0. The Labute approximate surface area is 68.5 Å². The van der Waals surface area contributed by atoms with Crippen LogP contribution in [0.15, 0.2) is 22.6 Å². The Morgan fingerprint density at radius 1 is 1.45 bits per heavy atom. The van der Waals surface area contributed by atoms with E-state index in [1.807, 2.05) is 6.07 Å². The summed E-state index contributed by atoms with van der Waals surface area (Å²) in [6.07, 6.45) is 1.70. The Morgan fingerprint density at radius 2 is 2.36 bits per heavy atom. The molecule has 1 aliphatic rings. The van der Waals surface area contributed by atoms with Gasteiger partial charge in [-0.3, -0.25) is 0 Å². The summed E-state index contributed by atoms with van der Waals surface area (Å²) in [4.78, 5) is 0. The highest BCUT2D eigenvalue weighted by atomic mass is 32.2. The van der Waals surface area contributed by atoms with Crippen molar-refractivity contribution in [3.05, 3.63) is 35.1 Å². The van der Waals surface area contributed by atoms with Gasteiger partial charge in [0.1, 0.15) is 5.82 Å². The summed E-state index contributed by atoms with van der Waals surface area (Å²) >= 11 is 1.49. The fourth-order valence-electron chi connectivity index (χ4n) is 1.02. The Morgan fingerprint density at radius 3 is 3.27 bits per heavy atom. The summed E-state index contributed by atoms with van der Waals surface area (Å²) in [5, 5.41) is 0. The normalized spacial score (nSPS) is 14.6. The molecule has 0 aliphatic carbocycles. The number of benzene rings is 1. The second-order valence-electron chi connectivity index (χ2n) is 2.35. The molecule has 1 heterocycles. The monoisotopic (exact) mass is 167 g/mol. The van der Waals surface area contributed by atoms with Crippen molar-refractivity contribution in [2.45, 2.75) is 5.75 Å². The van der Waals surface area contributed by atoms with Gasteiger partial charge in [0.05, 0.1) is 0 Å².